The molecule has 0 saturated heterocycles. The van der Waals surface area contributed by atoms with Crippen molar-refractivity contribution >= 4 is 33.3 Å². The monoisotopic (exact) mass is 337 g/mol. The lowest BCUT2D eigenvalue weighted by Gasteiger charge is -2.07. The lowest BCUT2D eigenvalue weighted by atomic mass is 10.2. The number of fused-ring (bicyclic) bond motifs is 1. The standard InChI is InChI=1S/C16H23N3O3S/c1-10(2)8-22-16(20)13-11(3)12-14(17-6-5-7-21-4)18-9-19-15(12)23-13/h9-10H,5-8H2,1-4H3,(H,17,18,19). The Morgan fingerprint density at radius 3 is 2.87 bits per heavy atom. The molecule has 0 aromatic carbocycles. The van der Waals surface area contributed by atoms with E-state index in [1.807, 2.05) is 20.8 Å². The fourth-order valence-corrected chi connectivity index (χ4v) is 3.17. The van der Waals surface area contributed by atoms with Crippen molar-refractivity contribution in [2.24, 2.45) is 5.92 Å². The molecule has 7 heteroatoms. The normalized spacial score (nSPS) is 11.2. The summed E-state index contributed by atoms with van der Waals surface area (Å²) >= 11 is 1.35. The molecule has 23 heavy (non-hydrogen) atoms. The Labute approximate surface area is 140 Å². The van der Waals surface area contributed by atoms with E-state index in [0.29, 0.717) is 24.0 Å². The molecule has 0 amide bonds. The quantitative estimate of drug-likeness (QED) is 0.589. The van der Waals surface area contributed by atoms with E-state index in [1.165, 1.54) is 17.7 Å². The molecule has 2 aromatic rings. The number of methoxy groups -OCH3 is 1. The largest absolute Gasteiger partial charge is 0.461 e. The first kappa shape index (κ1) is 17.6. The van der Waals surface area contributed by atoms with E-state index in [4.69, 9.17) is 9.47 Å². The molecule has 0 fully saturated rings. The molecule has 0 radical (unpaired) electrons. The third-order valence-electron chi connectivity index (χ3n) is 3.28. The summed E-state index contributed by atoms with van der Waals surface area (Å²) in [6.45, 7) is 7.80. The van der Waals surface area contributed by atoms with Crippen molar-refractivity contribution in [3.05, 3.63) is 16.8 Å². The summed E-state index contributed by atoms with van der Waals surface area (Å²) < 4.78 is 10.4. The van der Waals surface area contributed by atoms with E-state index in [2.05, 4.69) is 15.3 Å². The Morgan fingerprint density at radius 1 is 1.39 bits per heavy atom. The zero-order valence-corrected chi connectivity index (χ0v) is 14.8. The van der Waals surface area contributed by atoms with Crippen LogP contribution in [-0.4, -0.2) is 42.8 Å². The molecule has 2 heterocycles. The smallest absolute Gasteiger partial charge is 0.348 e. The van der Waals surface area contributed by atoms with Gasteiger partial charge < -0.3 is 14.8 Å². The van der Waals surface area contributed by atoms with Crippen LogP contribution in [0.4, 0.5) is 5.82 Å². The maximum Gasteiger partial charge on any atom is 0.348 e. The van der Waals surface area contributed by atoms with E-state index < -0.39 is 0 Å². The highest BCUT2D eigenvalue weighted by Gasteiger charge is 2.20. The van der Waals surface area contributed by atoms with Crippen molar-refractivity contribution in [3.8, 4) is 0 Å². The second-order valence-electron chi connectivity index (χ2n) is 5.72. The van der Waals surface area contributed by atoms with E-state index in [1.54, 1.807) is 7.11 Å². The number of rotatable bonds is 8. The van der Waals surface area contributed by atoms with E-state index in [9.17, 15) is 4.79 Å². The maximum absolute atomic E-state index is 12.3. The lowest BCUT2D eigenvalue weighted by Crippen LogP contribution is -2.10. The number of esters is 1. The van der Waals surface area contributed by atoms with Crippen LogP contribution >= 0.6 is 11.3 Å². The number of hydrogen-bond acceptors (Lipinski definition) is 7. The van der Waals surface area contributed by atoms with E-state index in [0.717, 1.165) is 34.6 Å². The predicted molar refractivity (Wildman–Crippen MR) is 92.3 cm³/mol. The molecule has 0 aliphatic heterocycles. The molecule has 1 N–H and O–H groups in total. The molecule has 0 spiro atoms. The van der Waals surface area contributed by atoms with Crippen LogP contribution < -0.4 is 5.32 Å². The number of thiophene rings is 1. The minimum atomic E-state index is -0.287. The molecule has 0 bridgehead atoms. The van der Waals surface area contributed by atoms with Gasteiger partial charge in [-0.05, 0) is 24.8 Å². The highest BCUT2D eigenvalue weighted by atomic mass is 32.1. The van der Waals surface area contributed by atoms with E-state index >= 15 is 0 Å². The fraction of sp³-hybridized carbons (Fsp3) is 0.562. The van der Waals surface area contributed by atoms with Crippen LogP contribution in [0.3, 0.4) is 0 Å². The summed E-state index contributed by atoms with van der Waals surface area (Å²) in [6.07, 6.45) is 2.40. The molecule has 0 saturated carbocycles. The molecule has 126 valence electrons. The van der Waals surface area contributed by atoms with Crippen molar-refractivity contribution in [1.29, 1.82) is 0 Å². The average molecular weight is 337 g/mol. The van der Waals surface area contributed by atoms with Crippen LogP contribution in [0.1, 0.15) is 35.5 Å². The van der Waals surface area contributed by atoms with Gasteiger partial charge in [0.05, 0.1) is 12.0 Å². The Morgan fingerprint density at radius 2 is 2.17 bits per heavy atom. The number of aryl methyl sites for hydroxylation is 1. The van der Waals surface area contributed by atoms with Gasteiger partial charge in [-0.15, -0.1) is 11.3 Å². The van der Waals surface area contributed by atoms with Crippen LogP contribution in [0.25, 0.3) is 10.2 Å². The van der Waals surface area contributed by atoms with Gasteiger partial charge in [0.1, 0.15) is 21.9 Å². The number of nitrogens with zero attached hydrogens (tertiary/aromatic N) is 2. The topological polar surface area (TPSA) is 73.3 Å². The summed E-state index contributed by atoms with van der Waals surface area (Å²) in [6, 6.07) is 0. The highest BCUT2D eigenvalue weighted by molar-refractivity contribution is 7.20. The SMILES string of the molecule is COCCCNc1ncnc2sc(C(=O)OCC(C)C)c(C)c12. The molecule has 2 rings (SSSR count). The second-order valence-corrected chi connectivity index (χ2v) is 6.72. The zero-order valence-electron chi connectivity index (χ0n) is 14.0. The van der Waals surface area contributed by atoms with Crippen LogP contribution in [0, 0.1) is 12.8 Å². The van der Waals surface area contributed by atoms with Gasteiger partial charge in [0.25, 0.3) is 0 Å². The first-order chi connectivity index (χ1) is 11.0. The maximum atomic E-state index is 12.3. The Kier molecular flexibility index (Phi) is 6.29. The average Bonchev–Trinajstić information content (AvgIpc) is 2.87. The number of hydrogen-bond donors (Lipinski definition) is 1. The third kappa shape index (κ3) is 4.39. The minimum Gasteiger partial charge on any atom is -0.461 e. The highest BCUT2D eigenvalue weighted by Crippen LogP contribution is 2.33. The van der Waals surface area contributed by atoms with E-state index in [-0.39, 0.29) is 5.97 Å². The third-order valence-corrected chi connectivity index (χ3v) is 4.46. The van der Waals surface area contributed by atoms with Crippen molar-refractivity contribution in [2.45, 2.75) is 27.2 Å². The summed E-state index contributed by atoms with van der Waals surface area (Å²) in [5.74, 6) is 0.777. The Balaban J connectivity index is 2.22. The molecule has 0 atom stereocenters. The number of carbonyl (C=O) groups excluding carboxylic acids is 1. The molecule has 0 aliphatic carbocycles. The second kappa shape index (κ2) is 8.21. The summed E-state index contributed by atoms with van der Waals surface area (Å²) in [5, 5.41) is 4.18. The summed E-state index contributed by atoms with van der Waals surface area (Å²) in [4.78, 5) is 22.2. The summed E-state index contributed by atoms with van der Waals surface area (Å²) in [5.41, 5.74) is 0.869. The number of ether oxygens (including phenoxy) is 2. The van der Waals surface area contributed by atoms with Gasteiger partial charge in [-0.25, -0.2) is 14.8 Å². The van der Waals surface area contributed by atoms with Gasteiger partial charge in [-0.3, -0.25) is 0 Å². The van der Waals surface area contributed by atoms with Crippen LogP contribution in [0.2, 0.25) is 0 Å². The number of carbonyl (C=O) groups is 1. The van der Waals surface area contributed by atoms with Crippen molar-refractivity contribution < 1.29 is 14.3 Å². The van der Waals surface area contributed by atoms with Gasteiger partial charge in [-0.2, -0.15) is 0 Å². The molecule has 6 nitrogen and oxygen atoms in total. The van der Waals surface area contributed by atoms with Gasteiger partial charge in [0, 0.05) is 20.3 Å². The molecular weight excluding hydrogens is 314 g/mol. The van der Waals surface area contributed by atoms with Crippen LogP contribution in [0.15, 0.2) is 6.33 Å². The molecule has 0 aliphatic rings. The van der Waals surface area contributed by atoms with Gasteiger partial charge in [0.15, 0.2) is 0 Å². The molecule has 0 unspecified atom stereocenters. The Bertz CT molecular complexity index is 670. The van der Waals surface area contributed by atoms with Crippen molar-refractivity contribution in [2.75, 3.05) is 32.2 Å². The van der Waals surface area contributed by atoms with Crippen LogP contribution in [0.5, 0.6) is 0 Å². The van der Waals surface area contributed by atoms with Gasteiger partial charge in [0.2, 0.25) is 0 Å². The fourth-order valence-electron chi connectivity index (χ4n) is 2.13. The molecule has 2 aromatic heterocycles. The number of nitrogens with one attached hydrogen (secondary N) is 1. The number of aromatic nitrogens is 2. The first-order valence-electron chi connectivity index (χ1n) is 7.68. The van der Waals surface area contributed by atoms with Crippen LogP contribution in [-0.2, 0) is 9.47 Å². The van der Waals surface area contributed by atoms with Gasteiger partial charge >= 0.3 is 5.97 Å². The van der Waals surface area contributed by atoms with Crippen molar-refractivity contribution in [1.82, 2.24) is 9.97 Å². The minimum absolute atomic E-state index is 0.287. The zero-order chi connectivity index (χ0) is 16.8. The van der Waals surface area contributed by atoms with Gasteiger partial charge in [-0.1, -0.05) is 13.8 Å². The predicted octanol–water partition coefficient (Wildman–Crippen LogP) is 3.26. The first-order valence-corrected chi connectivity index (χ1v) is 8.50. The summed E-state index contributed by atoms with van der Waals surface area (Å²) in [7, 11) is 1.68. The molecular formula is C16H23N3O3S. The van der Waals surface area contributed by atoms with Crippen molar-refractivity contribution in [3.63, 3.8) is 0 Å². The number of anilines is 1. The Hall–Kier alpha value is -1.73. The lowest BCUT2D eigenvalue weighted by molar-refractivity contribution is 0.0464.